The first-order valence-corrected chi connectivity index (χ1v) is 32.3. The van der Waals surface area contributed by atoms with E-state index in [1.165, 1.54) is 117 Å². The van der Waals surface area contributed by atoms with Gasteiger partial charge in [0.2, 0.25) is 0 Å². The Morgan fingerprint density at radius 2 is 0.500 bits per heavy atom. The molecule has 0 aliphatic rings. The molecule has 0 aliphatic heterocycles. The minimum absolute atomic E-state index is 0.745. The lowest BCUT2D eigenvalue weighted by molar-refractivity contribution is 1.18. The summed E-state index contributed by atoms with van der Waals surface area (Å²) in [6, 6.07) is 106. The summed E-state index contributed by atoms with van der Waals surface area (Å²) in [5, 5.41) is 6.41. The van der Waals surface area contributed by atoms with Crippen LogP contribution in [0.4, 0.5) is 0 Å². The fourth-order valence-electron chi connectivity index (χ4n) is 11.7. The van der Waals surface area contributed by atoms with Crippen LogP contribution in [0.3, 0.4) is 0 Å². The van der Waals surface area contributed by atoms with Crippen molar-refractivity contribution in [1.82, 2.24) is 9.13 Å². The van der Waals surface area contributed by atoms with Crippen LogP contribution in [0.15, 0.2) is 302 Å². The van der Waals surface area contributed by atoms with Crippen LogP contribution in [-0.2, 0) is 0 Å². The fraction of sp³-hybridized carbons (Fsp3) is 0. The first kappa shape index (κ1) is 53.9. The van der Waals surface area contributed by atoms with Gasteiger partial charge in [0.25, 0.3) is 0 Å². The van der Waals surface area contributed by atoms with E-state index in [0.29, 0.717) is 0 Å². The van der Waals surface area contributed by atoms with Gasteiger partial charge in [-0.2, -0.15) is 0 Å². The van der Waals surface area contributed by atoms with Gasteiger partial charge >= 0.3 is 0 Å². The number of nitrogens with zero attached hydrogens (tertiary/aromatic N) is 2. The number of halogens is 3. The predicted octanol–water partition coefficient (Wildman–Crippen LogP) is 25.2. The van der Waals surface area contributed by atoms with Gasteiger partial charge in [-0.05, 0) is 195 Å². The highest BCUT2D eigenvalue weighted by atomic mass is 79.9. The van der Waals surface area contributed by atoms with Crippen molar-refractivity contribution in [3.05, 3.63) is 312 Å². The van der Waals surface area contributed by atoms with E-state index in [9.17, 15) is 0 Å². The Kier molecular flexibility index (Phi) is 14.5. The molecule has 0 radical (unpaired) electrons. The molecule has 0 N–H and O–H groups in total. The zero-order chi connectivity index (χ0) is 57.7. The Morgan fingerprint density at radius 3 is 0.860 bits per heavy atom. The molecule has 8 heteroatoms. The third-order valence-electron chi connectivity index (χ3n) is 15.9. The van der Waals surface area contributed by atoms with E-state index in [0.717, 1.165) is 37.0 Å². The number of rotatable bonds is 10. The molecule has 16 aromatic rings. The highest BCUT2D eigenvalue weighted by Gasteiger charge is 2.18. The second-order valence-electron chi connectivity index (χ2n) is 21.2. The minimum atomic E-state index is 0.745. The number of aromatic nitrogens is 2. The minimum Gasteiger partial charge on any atom is -0.309 e. The Balaban J connectivity index is 0.000000149. The largest absolute Gasteiger partial charge is 0.309 e. The third-order valence-corrected chi connectivity index (χ3v) is 20.5. The lowest BCUT2D eigenvalue weighted by atomic mass is 10.0. The molecule has 0 bridgehead atoms. The lowest BCUT2D eigenvalue weighted by Gasteiger charge is -2.10. The maximum atomic E-state index is 6.24. The van der Waals surface area contributed by atoms with Crippen molar-refractivity contribution in [1.29, 1.82) is 0 Å². The molecule has 86 heavy (non-hydrogen) atoms. The summed E-state index contributed by atoms with van der Waals surface area (Å²) in [6.07, 6.45) is 0. The van der Waals surface area contributed by atoms with E-state index in [1.54, 1.807) is 0 Å². The van der Waals surface area contributed by atoms with E-state index in [2.05, 4.69) is 298 Å². The summed E-state index contributed by atoms with van der Waals surface area (Å²) in [6.45, 7) is 0. The maximum Gasteiger partial charge on any atom is 0.0541 e. The molecule has 0 fully saturated rings. The van der Waals surface area contributed by atoms with E-state index >= 15 is 0 Å². The van der Waals surface area contributed by atoms with Gasteiger partial charge in [-0.25, -0.2) is 0 Å². The molecule has 2 nitrogen and oxygen atoms in total. The van der Waals surface area contributed by atoms with Crippen LogP contribution in [0.2, 0.25) is 10.0 Å². The summed E-state index contributed by atoms with van der Waals surface area (Å²) in [4.78, 5) is 7.65. The Morgan fingerprint density at radius 1 is 0.233 bits per heavy atom. The van der Waals surface area contributed by atoms with Crippen LogP contribution in [0.25, 0.3) is 140 Å². The molecule has 0 saturated carbocycles. The van der Waals surface area contributed by atoms with Crippen molar-refractivity contribution in [3.8, 4) is 96.3 Å². The summed E-state index contributed by atoms with van der Waals surface area (Å²) < 4.78 is 5.83. The Hall–Kier alpha value is -8.82. The molecular formula is C78H49BrCl2N2S3. The third kappa shape index (κ3) is 10.5. The highest BCUT2D eigenvalue weighted by molar-refractivity contribution is 9.10. The van der Waals surface area contributed by atoms with Crippen molar-refractivity contribution in [3.63, 3.8) is 0 Å². The molecule has 0 unspecified atom stereocenters. The van der Waals surface area contributed by atoms with Crippen molar-refractivity contribution < 1.29 is 0 Å². The maximum absolute atomic E-state index is 6.24. The molecule has 0 spiro atoms. The lowest BCUT2D eigenvalue weighted by Crippen LogP contribution is -1.93. The smallest absolute Gasteiger partial charge is 0.0541 e. The molecule has 5 heterocycles. The molecule has 0 saturated heterocycles. The van der Waals surface area contributed by atoms with Crippen LogP contribution in [0, 0.1) is 0 Å². The monoisotopic (exact) mass is 1260 g/mol. The van der Waals surface area contributed by atoms with Gasteiger partial charge in [-0.15, -0.1) is 34.0 Å². The van der Waals surface area contributed by atoms with Crippen LogP contribution < -0.4 is 0 Å². The SMILES string of the molecule is Clc1ccc(-c2ccc3c(c2)c2cc(-c4ccc(-c5ccccc5)s4)ccc2n3-c2ccc(-c3ccc(-c4ccccc4)s3)cc2)cc1.Clc1ccc(-c2ccc3c(c2)c2cc(Br)ccc2n3-c2ccc(-c3ccc(-c4ccccc4)s3)cc2)cc1. The van der Waals surface area contributed by atoms with Gasteiger partial charge in [-0.1, -0.05) is 197 Å². The first-order chi connectivity index (χ1) is 42.3. The van der Waals surface area contributed by atoms with Crippen molar-refractivity contribution >= 4 is 117 Å². The first-order valence-electron chi connectivity index (χ1n) is 28.3. The quantitative estimate of drug-likeness (QED) is 0.129. The number of thiophene rings is 3. The van der Waals surface area contributed by atoms with Crippen LogP contribution in [-0.4, -0.2) is 9.13 Å². The van der Waals surface area contributed by atoms with Crippen molar-refractivity contribution in [2.24, 2.45) is 0 Å². The fourth-order valence-corrected chi connectivity index (χ4v) is 15.3. The van der Waals surface area contributed by atoms with E-state index in [1.807, 2.05) is 58.3 Å². The van der Waals surface area contributed by atoms with Gasteiger partial charge in [0.15, 0.2) is 0 Å². The number of hydrogen-bond acceptors (Lipinski definition) is 3. The molecule has 0 amide bonds. The average Bonchev–Trinajstić information content (AvgIpc) is 2.27. The Bertz CT molecular complexity index is 5100. The van der Waals surface area contributed by atoms with E-state index < -0.39 is 0 Å². The van der Waals surface area contributed by atoms with Crippen molar-refractivity contribution in [2.75, 3.05) is 0 Å². The molecule has 5 aromatic heterocycles. The molecular weight excluding hydrogens is 1210 g/mol. The summed E-state index contributed by atoms with van der Waals surface area (Å²) in [7, 11) is 0. The molecule has 410 valence electrons. The standard InChI is InChI=1S/C44H28ClNS2.C34H21BrClNS/c45-35-17-11-29(12-18-35)33-15-21-39-37(27-33)38-28-34(44-26-25-42(48-44)31-9-5-2-6-10-31)16-22-40(38)46(39)36-19-13-32(14-20-36)43-24-23-41(47-43)30-7-3-1-4-8-30;35-26-11-17-32-30(21-26)29-20-25(22-6-12-27(36)13-7-22)10-16-31(29)37(32)28-14-8-24(9-15-28)34-19-18-33(38-34)23-4-2-1-3-5-23/h1-28H;1-21H. The number of benzene rings is 11. The Labute approximate surface area is 529 Å². The van der Waals surface area contributed by atoms with Gasteiger partial charge < -0.3 is 9.13 Å². The van der Waals surface area contributed by atoms with Crippen LogP contribution in [0.1, 0.15) is 0 Å². The number of fused-ring (bicyclic) bond motifs is 6. The average molecular weight is 1260 g/mol. The number of hydrogen-bond donors (Lipinski definition) is 0. The van der Waals surface area contributed by atoms with Crippen LogP contribution >= 0.6 is 73.1 Å². The summed E-state index contributed by atoms with van der Waals surface area (Å²) in [5.41, 5.74) is 19.2. The molecule has 11 aromatic carbocycles. The topological polar surface area (TPSA) is 9.86 Å². The van der Waals surface area contributed by atoms with E-state index in [4.69, 9.17) is 23.2 Å². The molecule has 0 atom stereocenters. The predicted molar refractivity (Wildman–Crippen MR) is 376 cm³/mol. The molecule has 0 aliphatic carbocycles. The van der Waals surface area contributed by atoms with E-state index in [-0.39, 0.29) is 0 Å². The van der Waals surface area contributed by atoms with Crippen LogP contribution in [0.5, 0.6) is 0 Å². The van der Waals surface area contributed by atoms with Crippen molar-refractivity contribution in [2.45, 2.75) is 0 Å². The van der Waals surface area contributed by atoms with Gasteiger partial charge in [0.05, 0.1) is 22.1 Å². The van der Waals surface area contributed by atoms with Gasteiger partial charge in [0.1, 0.15) is 0 Å². The molecule has 16 rings (SSSR count). The second kappa shape index (κ2) is 23.2. The zero-order valence-corrected chi connectivity index (χ0v) is 51.6. The second-order valence-corrected chi connectivity index (χ2v) is 26.3. The highest BCUT2D eigenvalue weighted by Crippen LogP contribution is 2.43. The zero-order valence-electron chi connectivity index (χ0n) is 46.0. The van der Waals surface area contributed by atoms with Gasteiger partial charge in [0, 0.05) is 76.7 Å². The summed E-state index contributed by atoms with van der Waals surface area (Å²) >= 11 is 21.6. The van der Waals surface area contributed by atoms with Gasteiger partial charge in [-0.3, -0.25) is 0 Å². The normalized spacial score (nSPS) is 11.4. The summed E-state index contributed by atoms with van der Waals surface area (Å²) in [5.74, 6) is 0.